The van der Waals surface area contributed by atoms with Crippen LogP contribution in [0.4, 0.5) is 0 Å². The zero-order valence-corrected chi connectivity index (χ0v) is 53.1. The van der Waals surface area contributed by atoms with Crippen molar-refractivity contribution in [2.75, 3.05) is 26.4 Å². The number of phosphoric acid groups is 3. The van der Waals surface area contributed by atoms with Crippen LogP contribution in [0.15, 0.2) is 0 Å². The van der Waals surface area contributed by atoms with Gasteiger partial charge in [0.25, 0.3) is 0 Å². The lowest BCUT2D eigenvalue weighted by molar-refractivity contribution is -0.304. The van der Waals surface area contributed by atoms with E-state index in [0.29, 0.717) is 25.7 Å². The van der Waals surface area contributed by atoms with Gasteiger partial charge in [-0.1, -0.05) is 181 Å². The number of phosphoric ester groups is 3. The highest BCUT2D eigenvalue weighted by atomic mass is 31.2. The standard InChI is InChI=1S/C55H107N2O25P3/c1-4-7-10-13-16-19-22-25-28-31-40(59)34-45(60)56-48-51(64)50(63)44(80-54(48)75-37-42(81-84(69,70)71)38-77-83(66,67)68)39-76-55-49(52(65)53(43(36-58)79-55)82-85(72,73)74)57-46(61)35-41(32-29-26-23-20-17-14-11-8-5-2)78-47(62)33-30-27-24-21-18-15-12-9-6-3/h40-44,48-55,58-59,63-65H,4-39H2,1-3H3,(H,56,60)(H,57,61)(H2,66,67,68)(H2,69,70,71)(H2,72,73,74)/t40-,41-,42?,43-,44-,48-,49-,50-,51-,52-,53-,54+,55-/m1/s1. The molecule has 0 radical (unpaired) electrons. The minimum atomic E-state index is -5.43. The van der Waals surface area contributed by atoms with Crippen molar-refractivity contribution in [1.29, 1.82) is 0 Å². The first-order valence-electron chi connectivity index (χ1n) is 31.1. The summed E-state index contributed by atoms with van der Waals surface area (Å²) in [6.07, 6.45) is 7.79. The molecule has 2 fully saturated rings. The van der Waals surface area contributed by atoms with Gasteiger partial charge in [-0.25, -0.2) is 13.7 Å². The molecule has 85 heavy (non-hydrogen) atoms. The Balaban J connectivity index is 2.37. The number of carbonyl (C=O) groups is 3. The first-order valence-corrected chi connectivity index (χ1v) is 35.7. The molecule has 0 aliphatic carbocycles. The molecule has 2 heterocycles. The molecule has 0 bridgehead atoms. The maximum Gasteiger partial charge on any atom is 0.470 e. The monoisotopic (exact) mass is 1290 g/mol. The van der Waals surface area contributed by atoms with E-state index >= 15 is 0 Å². The molecular formula is C55H107N2O25P3. The highest BCUT2D eigenvalue weighted by molar-refractivity contribution is 7.46. The summed E-state index contributed by atoms with van der Waals surface area (Å²) in [6, 6.07) is -3.52. The smallest absolute Gasteiger partial charge is 0.462 e. The third-order valence-electron chi connectivity index (χ3n) is 14.9. The Kier molecular flexibility index (Phi) is 41.9. The first-order chi connectivity index (χ1) is 40.3. The maximum atomic E-state index is 14.1. The summed E-state index contributed by atoms with van der Waals surface area (Å²) in [6.45, 7) is 2.36. The zero-order chi connectivity index (χ0) is 63.3. The summed E-state index contributed by atoms with van der Waals surface area (Å²) in [4.78, 5) is 98.0. The van der Waals surface area contributed by atoms with Crippen LogP contribution in [-0.2, 0) is 65.3 Å². The van der Waals surface area contributed by atoms with E-state index in [1.165, 1.54) is 38.5 Å². The van der Waals surface area contributed by atoms with Crippen molar-refractivity contribution in [1.82, 2.24) is 10.6 Å². The quantitative estimate of drug-likeness (QED) is 0.0178. The first kappa shape index (κ1) is 79.5. The van der Waals surface area contributed by atoms with E-state index in [9.17, 15) is 83.0 Å². The van der Waals surface area contributed by atoms with Gasteiger partial charge < -0.3 is 89.2 Å². The summed E-state index contributed by atoms with van der Waals surface area (Å²) in [5, 5.41) is 60.8. The van der Waals surface area contributed by atoms with Crippen LogP contribution in [0, 0.1) is 0 Å². The number of esters is 1. The Morgan fingerprint density at radius 1 is 0.506 bits per heavy atom. The van der Waals surface area contributed by atoms with Crippen molar-refractivity contribution >= 4 is 41.3 Å². The van der Waals surface area contributed by atoms with Crippen LogP contribution in [0.3, 0.4) is 0 Å². The SMILES string of the molecule is CCCCCCCCCCCC(=O)O[C@H](CCCCCCCCCCC)CC(=O)N[C@H]1[C@H](OC[C@H]2O[C@H](OCC(COP(=O)(O)O)OP(=O)(O)O)[C@H](NC(=O)C[C@H](O)CCCCCCCCCCC)[C@@H](O)[C@@H]2O)O[C@H](CO)[C@@H](OP(=O)(O)O)[C@@H]1O. The number of ether oxygens (including phenoxy) is 5. The second-order valence-electron chi connectivity index (χ2n) is 22.6. The van der Waals surface area contributed by atoms with E-state index in [2.05, 4.69) is 40.5 Å². The molecule has 13 atom stereocenters. The maximum absolute atomic E-state index is 14.1. The number of nitrogens with one attached hydrogen (secondary N) is 2. The van der Waals surface area contributed by atoms with Gasteiger partial charge in [0.1, 0.15) is 60.9 Å². The van der Waals surface area contributed by atoms with Crippen molar-refractivity contribution in [2.45, 2.75) is 306 Å². The van der Waals surface area contributed by atoms with Gasteiger partial charge in [-0.05, 0) is 25.7 Å². The largest absolute Gasteiger partial charge is 0.470 e. The van der Waals surface area contributed by atoms with Gasteiger partial charge in [0, 0.05) is 6.42 Å². The highest BCUT2D eigenvalue weighted by Crippen LogP contribution is 2.43. The molecule has 2 rings (SSSR count). The van der Waals surface area contributed by atoms with Crippen molar-refractivity contribution in [3.63, 3.8) is 0 Å². The summed E-state index contributed by atoms with van der Waals surface area (Å²) in [5.41, 5.74) is 0. The molecule has 30 heteroatoms. The molecule has 2 amide bonds. The molecule has 0 saturated carbocycles. The Hall–Kier alpha value is -1.62. The Morgan fingerprint density at radius 2 is 0.953 bits per heavy atom. The minimum absolute atomic E-state index is 0.124. The van der Waals surface area contributed by atoms with Crippen molar-refractivity contribution in [3.05, 3.63) is 0 Å². The molecule has 0 aromatic rings. The second-order valence-corrected chi connectivity index (χ2v) is 26.3. The van der Waals surface area contributed by atoms with E-state index < -0.39 is 160 Å². The van der Waals surface area contributed by atoms with E-state index in [0.717, 1.165) is 116 Å². The van der Waals surface area contributed by atoms with Gasteiger partial charge in [0.2, 0.25) is 11.8 Å². The van der Waals surface area contributed by atoms with Gasteiger partial charge in [0.15, 0.2) is 12.6 Å². The van der Waals surface area contributed by atoms with E-state index in [4.69, 9.17) is 28.2 Å². The Bertz CT molecular complexity index is 1930. The molecule has 2 aliphatic heterocycles. The number of carbonyl (C=O) groups excluding carboxylic acids is 3. The lowest BCUT2D eigenvalue weighted by Crippen LogP contribution is -2.67. The Morgan fingerprint density at radius 3 is 1.44 bits per heavy atom. The van der Waals surface area contributed by atoms with Crippen molar-refractivity contribution in [2.24, 2.45) is 0 Å². The average molecular weight is 1290 g/mol. The topological polar surface area (TPSA) is 423 Å². The van der Waals surface area contributed by atoms with Crippen LogP contribution in [0.5, 0.6) is 0 Å². The summed E-state index contributed by atoms with van der Waals surface area (Å²) in [5.74, 6) is -2.19. The number of hydrogen-bond acceptors (Lipinski definition) is 19. The van der Waals surface area contributed by atoms with E-state index in [1.807, 2.05) is 0 Å². The molecule has 0 spiro atoms. The molecule has 1 unspecified atom stereocenters. The molecule has 2 aliphatic rings. The van der Waals surface area contributed by atoms with Crippen molar-refractivity contribution in [3.8, 4) is 0 Å². The van der Waals surface area contributed by atoms with Crippen LogP contribution in [-0.4, -0.2) is 179 Å². The van der Waals surface area contributed by atoms with Gasteiger partial charge in [-0.15, -0.1) is 0 Å². The fraction of sp³-hybridized carbons (Fsp3) is 0.945. The van der Waals surface area contributed by atoms with Crippen LogP contribution in [0.1, 0.15) is 226 Å². The molecule has 502 valence electrons. The molecular weight excluding hydrogens is 1180 g/mol. The van der Waals surface area contributed by atoms with Gasteiger partial charge in [-0.2, -0.15) is 0 Å². The lowest BCUT2D eigenvalue weighted by Gasteiger charge is -2.45. The number of rotatable bonds is 51. The lowest BCUT2D eigenvalue weighted by atomic mass is 9.95. The third kappa shape index (κ3) is 37.3. The van der Waals surface area contributed by atoms with Crippen LogP contribution in [0.2, 0.25) is 0 Å². The van der Waals surface area contributed by atoms with Crippen LogP contribution in [0.25, 0.3) is 0 Å². The zero-order valence-electron chi connectivity index (χ0n) is 50.4. The second kappa shape index (κ2) is 44.8. The molecule has 0 aromatic heterocycles. The third-order valence-corrected chi connectivity index (χ3v) is 16.5. The highest BCUT2D eigenvalue weighted by Gasteiger charge is 2.51. The summed E-state index contributed by atoms with van der Waals surface area (Å²) in [7, 11) is -16.1. The minimum Gasteiger partial charge on any atom is -0.462 e. The number of amides is 2. The van der Waals surface area contributed by atoms with Gasteiger partial charge in [0.05, 0.1) is 45.4 Å². The van der Waals surface area contributed by atoms with Crippen molar-refractivity contribution < 1.29 is 120 Å². The molecule has 0 aromatic carbocycles. The molecule has 27 nitrogen and oxygen atoms in total. The van der Waals surface area contributed by atoms with Gasteiger partial charge >= 0.3 is 29.4 Å². The van der Waals surface area contributed by atoms with Crippen LogP contribution < -0.4 is 10.6 Å². The fourth-order valence-electron chi connectivity index (χ4n) is 10.3. The van der Waals surface area contributed by atoms with E-state index in [-0.39, 0.29) is 12.8 Å². The summed E-state index contributed by atoms with van der Waals surface area (Å²) < 4.78 is 78.6. The number of aliphatic hydroxyl groups excluding tert-OH is 5. The number of unbranched alkanes of at least 4 members (excludes halogenated alkanes) is 24. The molecule has 2 saturated heterocycles. The predicted octanol–water partition coefficient (Wildman–Crippen LogP) is 6.39. The normalized spacial score (nSPS) is 24.2. The van der Waals surface area contributed by atoms with E-state index in [1.54, 1.807) is 0 Å². The number of aliphatic hydroxyl groups is 5. The number of hydrogen-bond donors (Lipinski definition) is 13. The fourth-order valence-corrected chi connectivity index (χ4v) is 11.8. The van der Waals surface area contributed by atoms with Crippen LogP contribution >= 0.6 is 23.5 Å². The molecule has 13 N–H and O–H groups in total. The predicted molar refractivity (Wildman–Crippen MR) is 311 cm³/mol. The average Bonchev–Trinajstić information content (AvgIpc) is 3.03. The summed E-state index contributed by atoms with van der Waals surface area (Å²) >= 11 is 0. The Labute approximate surface area is 502 Å². The van der Waals surface area contributed by atoms with Gasteiger partial charge in [-0.3, -0.25) is 28.0 Å².